The van der Waals surface area contributed by atoms with Crippen molar-refractivity contribution >= 4 is 40.3 Å². The van der Waals surface area contributed by atoms with E-state index in [1.807, 2.05) is 0 Å². The second-order valence-corrected chi connectivity index (χ2v) is 15.4. The fourth-order valence-electron chi connectivity index (χ4n) is 5.00. The number of carbonyl (C=O) groups is 1. The topological polar surface area (TPSA) is 103 Å². The zero-order valence-corrected chi connectivity index (χ0v) is 27.7. The molecule has 2 aromatic carbocycles. The first kappa shape index (κ1) is 34.4. The summed E-state index contributed by atoms with van der Waals surface area (Å²) in [5.74, 6) is -0.0910. The number of methoxy groups -OCH3 is 1. The van der Waals surface area contributed by atoms with Crippen LogP contribution in [0.2, 0.25) is 5.02 Å². The lowest BCUT2D eigenvalue weighted by Gasteiger charge is -2.47. The lowest BCUT2D eigenvalue weighted by molar-refractivity contribution is -0.137. The van der Waals surface area contributed by atoms with Crippen LogP contribution in [0.5, 0.6) is 5.75 Å². The van der Waals surface area contributed by atoms with Gasteiger partial charge in [-0.05, 0) is 90.7 Å². The number of nitrogens with one attached hydrogen (secondary N) is 1. The summed E-state index contributed by atoms with van der Waals surface area (Å²) in [4.78, 5) is 13.3. The molecule has 0 bridgehead atoms. The largest absolute Gasteiger partial charge is 0.495 e. The SMILES string of the molecule is COc1ccc(-c2c(Cl)cc(B3OC(C)(C)C(C)(C)O3)cc2C(F)(F)F)cc1S(=O)(=O)NC1(C)CN(C(=O)OC(C)(C)C)C1. The van der Waals surface area contributed by atoms with Crippen molar-refractivity contribution in [3.05, 3.63) is 40.9 Å². The first-order valence-corrected chi connectivity index (χ1v) is 15.7. The molecule has 4 rings (SSSR count). The molecule has 0 spiro atoms. The van der Waals surface area contributed by atoms with Crippen molar-refractivity contribution in [2.75, 3.05) is 20.2 Å². The number of halogens is 4. The molecule has 0 atom stereocenters. The molecule has 2 saturated heterocycles. The minimum Gasteiger partial charge on any atom is -0.495 e. The molecule has 0 aromatic heterocycles. The zero-order chi connectivity index (χ0) is 33.3. The van der Waals surface area contributed by atoms with Gasteiger partial charge >= 0.3 is 19.4 Å². The molecule has 2 aliphatic heterocycles. The molecule has 0 saturated carbocycles. The van der Waals surface area contributed by atoms with Crippen LogP contribution in [-0.2, 0) is 30.2 Å². The van der Waals surface area contributed by atoms with Crippen LogP contribution in [0.15, 0.2) is 35.2 Å². The Morgan fingerprint density at radius 2 is 1.59 bits per heavy atom. The lowest BCUT2D eigenvalue weighted by atomic mass is 9.77. The van der Waals surface area contributed by atoms with E-state index in [0.717, 1.165) is 12.1 Å². The average molecular weight is 661 g/mol. The van der Waals surface area contributed by atoms with E-state index in [-0.39, 0.29) is 34.9 Å². The van der Waals surface area contributed by atoms with Crippen LogP contribution in [0.3, 0.4) is 0 Å². The third kappa shape index (κ3) is 6.84. The van der Waals surface area contributed by atoms with Crippen LogP contribution in [0.4, 0.5) is 18.0 Å². The van der Waals surface area contributed by atoms with Gasteiger partial charge in [-0.1, -0.05) is 17.7 Å². The third-order valence-electron chi connectivity index (χ3n) is 7.80. The highest BCUT2D eigenvalue weighted by Crippen LogP contribution is 2.43. The Morgan fingerprint density at radius 3 is 2.09 bits per heavy atom. The minimum atomic E-state index is -4.86. The Bertz CT molecular complexity index is 1550. The standard InChI is InChI=1S/C29H37BClF3N2O7S/c1-25(2,3)41-24(37)36-15-28(8,16-36)35-44(38,39)22-12-17(10-11-21(22)40-9)23-19(29(32,33)34)13-18(14-20(23)31)30-42-26(4,5)27(6,7)43-30/h10-14,35H,15-16H2,1-9H3. The number of ether oxygens (including phenoxy) is 2. The molecule has 1 N–H and O–H groups in total. The number of rotatable bonds is 6. The number of alkyl halides is 3. The molecule has 44 heavy (non-hydrogen) atoms. The highest BCUT2D eigenvalue weighted by Gasteiger charge is 2.52. The van der Waals surface area contributed by atoms with Crippen LogP contribution in [0.1, 0.15) is 61.0 Å². The van der Waals surface area contributed by atoms with Crippen molar-refractivity contribution in [3.8, 4) is 16.9 Å². The van der Waals surface area contributed by atoms with Gasteiger partial charge in [0.25, 0.3) is 0 Å². The molecule has 2 fully saturated rings. The first-order chi connectivity index (χ1) is 19.9. The quantitative estimate of drug-likeness (QED) is 0.401. The summed E-state index contributed by atoms with van der Waals surface area (Å²) in [5.41, 5.74) is -4.91. The molecule has 1 amide bonds. The number of hydrogen-bond donors (Lipinski definition) is 1. The average Bonchev–Trinajstić information content (AvgIpc) is 3.06. The maximum absolute atomic E-state index is 14.5. The molecular weight excluding hydrogens is 624 g/mol. The van der Waals surface area contributed by atoms with Crippen LogP contribution >= 0.6 is 11.6 Å². The number of amides is 1. The fraction of sp³-hybridized carbons (Fsp3) is 0.552. The molecule has 0 unspecified atom stereocenters. The van der Waals surface area contributed by atoms with Gasteiger partial charge in [0, 0.05) is 23.7 Å². The first-order valence-electron chi connectivity index (χ1n) is 13.8. The number of benzene rings is 2. The maximum Gasteiger partial charge on any atom is 0.494 e. The van der Waals surface area contributed by atoms with Crippen molar-refractivity contribution in [2.45, 2.75) is 88.8 Å². The van der Waals surface area contributed by atoms with Gasteiger partial charge in [-0.25, -0.2) is 17.9 Å². The summed E-state index contributed by atoms with van der Waals surface area (Å²) in [6.45, 7) is 13.9. The summed E-state index contributed by atoms with van der Waals surface area (Å²) in [5, 5.41) is -0.273. The number of hydrogen-bond acceptors (Lipinski definition) is 7. The summed E-state index contributed by atoms with van der Waals surface area (Å²) >= 11 is 6.51. The Kier molecular flexibility index (Phi) is 8.65. The number of nitrogens with zero attached hydrogens (tertiary/aromatic N) is 1. The number of sulfonamides is 1. The molecule has 15 heteroatoms. The zero-order valence-electron chi connectivity index (χ0n) is 26.1. The maximum atomic E-state index is 14.5. The molecule has 0 radical (unpaired) electrons. The molecule has 2 aliphatic rings. The number of likely N-dealkylation sites (tertiary alicyclic amines) is 1. The summed E-state index contributed by atoms with van der Waals surface area (Å²) in [6.07, 6.45) is -5.45. The third-order valence-corrected chi connectivity index (χ3v) is 9.76. The van der Waals surface area contributed by atoms with Crippen LogP contribution in [0.25, 0.3) is 11.1 Å². The van der Waals surface area contributed by atoms with E-state index in [1.165, 1.54) is 30.2 Å². The summed E-state index contributed by atoms with van der Waals surface area (Å²) < 4.78 is 95.8. The van der Waals surface area contributed by atoms with Crippen molar-refractivity contribution in [3.63, 3.8) is 0 Å². The van der Waals surface area contributed by atoms with Gasteiger partial charge in [0.1, 0.15) is 16.2 Å². The van der Waals surface area contributed by atoms with Crippen molar-refractivity contribution in [2.24, 2.45) is 0 Å². The van der Waals surface area contributed by atoms with Crippen LogP contribution < -0.4 is 14.9 Å². The predicted molar refractivity (Wildman–Crippen MR) is 161 cm³/mol. The highest BCUT2D eigenvalue weighted by molar-refractivity contribution is 7.89. The van der Waals surface area contributed by atoms with Crippen molar-refractivity contribution < 1.29 is 45.2 Å². The van der Waals surface area contributed by atoms with E-state index in [2.05, 4.69) is 4.72 Å². The van der Waals surface area contributed by atoms with Crippen LogP contribution in [0, 0.1) is 0 Å². The van der Waals surface area contributed by atoms with E-state index in [1.54, 1.807) is 55.4 Å². The molecular formula is C29H37BClF3N2O7S. The van der Waals surface area contributed by atoms with Gasteiger partial charge in [-0.15, -0.1) is 0 Å². The molecule has 9 nitrogen and oxygen atoms in total. The minimum absolute atomic E-state index is 0.0214. The van der Waals surface area contributed by atoms with E-state index in [9.17, 15) is 26.4 Å². The fourth-order valence-corrected chi connectivity index (χ4v) is 6.92. The Morgan fingerprint density at radius 1 is 1.02 bits per heavy atom. The van der Waals surface area contributed by atoms with Gasteiger partial charge in [0.05, 0.1) is 29.4 Å². The Hall–Kier alpha value is -2.52. The van der Waals surface area contributed by atoms with E-state index >= 15 is 0 Å². The van der Waals surface area contributed by atoms with Gasteiger partial charge in [0.2, 0.25) is 10.0 Å². The smallest absolute Gasteiger partial charge is 0.494 e. The normalized spacial score (nSPS) is 19.5. The molecule has 2 aromatic rings. The Labute approximate surface area is 261 Å². The predicted octanol–water partition coefficient (Wildman–Crippen LogP) is 5.62. The van der Waals surface area contributed by atoms with E-state index in [4.69, 9.17) is 30.4 Å². The van der Waals surface area contributed by atoms with E-state index < -0.39 is 67.8 Å². The lowest BCUT2D eigenvalue weighted by Crippen LogP contribution is -2.69. The van der Waals surface area contributed by atoms with Crippen molar-refractivity contribution in [1.29, 1.82) is 0 Å². The van der Waals surface area contributed by atoms with Crippen LogP contribution in [-0.4, -0.2) is 69.1 Å². The second kappa shape index (κ2) is 11.1. The van der Waals surface area contributed by atoms with Gasteiger partial charge < -0.3 is 23.7 Å². The number of carbonyl (C=O) groups excluding carboxylic acids is 1. The van der Waals surface area contributed by atoms with Gasteiger partial charge in [0.15, 0.2) is 0 Å². The second-order valence-electron chi connectivity index (χ2n) is 13.4. The highest BCUT2D eigenvalue weighted by atomic mass is 35.5. The van der Waals surface area contributed by atoms with E-state index in [0.29, 0.717) is 0 Å². The molecule has 242 valence electrons. The Balaban J connectivity index is 1.70. The monoisotopic (exact) mass is 660 g/mol. The van der Waals surface area contributed by atoms with Crippen molar-refractivity contribution in [1.82, 2.24) is 9.62 Å². The van der Waals surface area contributed by atoms with Gasteiger partial charge in [-0.3, -0.25) is 0 Å². The molecule has 2 heterocycles. The van der Waals surface area contributed by atoms with Gasteiger partial charge in [-0.2, -0.15) is 13.2 Å². The summed E-state index contributed by atoms with van der Waals surface area (Å²) in [6, 6.07) is 5.88. The summed E-state index contributed by atoms with van der Waals surface area (Å²) in [7, 11) is -4.22. The molecule has 0 aliphatic carbocycles.